The number of carbonyl (C=O) groups is 1. The van der Waals surface area contributed by atoms with E-state index in [1.54, 1.807) is 25.4 Å². The topological polar surface area (TPSA) is 51.2 Å². The minimum atomic E-state index is -0.135. The lowest BCUT2D eigenvalue weighted by atomic mass is 10.2. The first-order valence-corrected chi connectivity index (χ1v) is 5.66. The molecule has 1 amide bonds. The van der Waals surface area contributed by atoms with Crippen LogP contribution in [0.3, 0.4) is 0 Å². The molecule has 1 aromatic rings. The minimum Gasteiger partial charge on any atom is -0.383 e. The number of alkyl halides is 1. The van der Waals surface area contributed by atoms with Crippen LogP contribution in [-0.2, 0) is 4.74 Å². The Morgan fingerprint density at radius 2 is 2.53 bits per heavy atom. The van der Waals surface area contributed by atoms with Gasteiger partial charge in [0.05, 0.1) is 18.2 Å². The fourth-order valence-electron chi connectivity index (χ4n) is 1.09. The van der Waals surface area contributed by atoms with Gasteiger partial charge in [0.25, 0.3) is 5.91 Å². The predicted molar refractivity (Wildman–Crippen MR) is 61.2 cm³/mol. The third-order valence-electron chi connectivity index (χ3n) is 1.81. The first-order valence-electron chi connectivity index (χ1n) is 4.53. The van der Waals surface area contributed by atoms with E-state index in [1.807, 2.05) is 0 Å². The number of halogens is 1. The van der Waals surface area contributed by atoms with E-state index < -0.39 is 0 Å². The van der Waals surface area contributed by atoms with Crippen molar-refractivity contribution in [1.82, 2.24) is 10.3 Å². The molecule has 0 saturated carbocycles. The molecule has 1 atom stereocenters. The van der Waals surface area contributed by atoms with E-state index in [2.05, 4.69) is 26.2 Å². The van der Waals surface area contributed by atoms with Crippen LogP contribution in [0.25, 0.3) is 0 Å². The maximum Gasteiger partial charge on any atom is 0.253 e. The Bertz CT molecular complexity index is 306. The van der Waals surface area contributed by atoms with E-state index in [0.29, 0.717) is 17.5 Å². The number of ether oxygens (including phenoxy) is 1. The van der Waals surface area contributed by atoms with Crippen LogP contribution in [0.4, 0.5) is 0 Å². The summed E-state index contributed by atoms with van der Waals surface area (Å²) in [7, 11) is 1.60. The van der Waals surface area contributed by atoms with Gasteiger partial charge >= 0.3 is 0 Å². The number of hydrogen-bond acceptors (Lipinski definition) is 3. The molecule has 0 fully saturated rings. The summed E-state index contributed by atoms with van der Waals surface area (Å²) >= 11 is 3.31. The molecule has 1 unspecified atom stereocenters. The summed E-state index contributed by atoms with van der Waals surface area (Å²) in [5.74, 6) is -0.135. The zero-order valence-electron chi connectivity index (χ0n) is 8.44. The van der Waals surface area contributed by atoms with Crippen molar-refractivity contribution in [2.45, 2.75) is 6.04 Å². The Balaban J connectivity index is 2.55. The van der Waals surface area contributed by atoms with E-state index >= 15 is 0 Å². The Morgan fingerprint density at radius 3 is 3.07 bits per heavy atom. The molecule has 82 valence electrons. The molecular weight excluding hydrogens is 260 g/mol. The number of rotatable bonds is 5. The van der Waals surface area contributed by atoms with Gasteiger partial charge in [-0.15, -0.1) is 0 Å². The molecule has 4 nitrogen and oxygen atoms in total. The lowest BCUT2D eigenvalue weighted by molar-refractivity contribution is 0.0907. The van der Waals surface area contributed by atoms with Gasteiger partial charge in [-0.25, -0.2) is 0 Å². The van der Waals surface area contributed by atoms with Crippen LogP contribution in [-0.4, -0.2) is 36.0 Å². The largest absolute Gasteiger partial charge is 0.383 e. The van der Waals surface area contributed by atoms with Crippen molar-refractivity contribution in [3.8, 4) is 0 Å². The van der Waals surface area contributed by atoms with Gasteiger partial charge in [-0.2, -0.15) is 0 Å². The quantitative estimate of drug-likeness (QED) is 0.821. The van der Waals surface area contributed by atoms with Crippen LogP contribution in [0.2, 0.25) is 0 Å². The highest BCUT2D eigenvalue weighted by molar-refractivity contribution is 9.09. The van der Waals surface area contributed by atoms with Crippen LogP contribution in [0.1, 0.15) is 10.4 Å². The lowest BCUT2D eigenvalue weighted by Gasteiger charge is -2.14. The number of aromatic nitrogens is 1. The van der Waals surface area contributed by atoms with Crippen molar-refractivity contribution >= 4 is 21.8 Å². The Kier molecular flexibility index (Phi) is 5.28. The molecule has 0 aliphatic rings. The van der Waals surface area contributed by atoms with Gasteiger partial charge in [-0.3, -0.25) is 9.78 Å². The van der Waals surface area contributed by atoms with Gasteiger partial charge in [0.15, 0.2) is 0 Å². The number of nitrogens with one attached hydrogen (secondary N) is 1. The maximum atomic E-state index is 11.7. The van der Waals surface area contributed by atoms with Crippen molar-refractivity contribution in [2.24, 2.45) is 0 Å². The number of carbonyl (C=O) groups excluding carboxylic acids is 1. The molecule has 15 heavy (non-hydrogen) atoms. The van der Waals surface area contributed by atoms with Gasteiger partial charge in [0.1, 0.15) is 0 Å². The standard InChI is InChI=1S/C10H13BrN2O2/c1-15-7-9(5-11)13-10(14)8-3-2-4-12-6-8/h2-4,6,9H,5,7H2,1H3,(H,13,14). The summed E-state index contributed by atoms with van der Waals surface area (Å²) in [5, 5.41) is 3.49. The zero-order valence-corrected chi connectivity index (χ0v) is 10.0. The fraction of sp³-hybridized carbons (Fsp3) is 0.400. The van der Waals surface area contributed by atoms with Gasteiger partial charge in [-0.05, 0) is 12.1 Å². The number of hydrogen-bond donors (Lipinski definition) is 1. The Morgan fingerprint density at radius 1 is 1.73 bits per heavy atom. The molecule has 0 spiro atoms. The third-order valence-corrected chi connectivity index (χ3v) is 2.59. The SMILES string of the molecule is COCC(CBr)NC(=O)c1cccnc1. The highest BCUT2D eigenvalue weighted by Crippen LogP contribution is 1.98. The van der Waals surface area contributed by atoms with Crippen molar-refractivity contribution < 1.29 is 9.53 Å². The molecule has 1 N–H and O–H groups in total. The third kappa shape index (κ3) is 3.97. The van der Waals surface area contributed by atoms with E-state index in [0.717, 1.165) is 0 Å². The fourth-order valence-corrected chi connectivity index (χ4v) is 1.44. The van der Waals surface area contributed by atoms with Crippen molar-refractivity contribution in [2.75, 3.05) is 19.0 Å². The van der Waals surface area contributed by atoms with Crippen LogP contribution in [0, 0.1) is 0 Å². The van der Waals surface area contributed by atoms with E-state index in [4.69, 9.17) is 4.74 Å². The highest BCUT2D eigenvalue weighted by Gasteiger charge is 2.11. The van der Waals surface area contributed by atoms with Gasteiger partial charge in [0.2, 0.25) is 0 Å². The second-order valence-electron chi connectivity index (χ2n) is 3.02. The number of pyridine rings is 1. The second-order valence-corrected chi connectivity index (χ2v) is 3.67. The highest BCUT2D eigenvalue weighted by atomic mass is 79.9. The lowest BCUT2D eigenvalue weighted by Crippen LogP contribution is -2.39. The molecule has 0 radical (unpaired) electrons. The van der Waals surface area contributed by atoms with Crippen LogP contribution < -0.4 is 5.32 Å². The molecular formula is C10H13BrN2O2. The minimum absolute atomic E-state index is 0.0253. The van der Waals surface area contributed by atoms with Crippen LogP contribution >= 0.6 is 15.9 Å². The van der Waals surface area contributed by atoms with Crippen LogP contribution in [0.15, 0.2) is 24.5 Å². The molecule has 1 aromatic heterocycles. The van der Waals surface area contributed by atoms with Crippen LogP contribution in [0.5, 0.6) is 0 Å². The molecule has 1 rings (SSSR count). The summed E-state index contributed by atoms with van der Waals surface area (Å²) in [5.41, 5.74) is 0.555. The van der Waals surface area contributed by atoms with E-state index in [1.165, 1.54) is 6.20 Å². The summed E-state index contributed by atoms with van der Waals surface area (Å²) in [6.07, 6.45) is 3.17. The van der Waals surface area contributed by atoms with Gasteiger partial charge < -0.3 is 10.1 Å². The summed E-state index contributed by atoms with van der Waals surface area (Å²) in [6.45, 7) is 0.483. The number of methoxy groups -OCH3 is 1. The number of nitrogens with zero attached hydrogens (tertiary/aromatic N) is 1. The van der Waals surface area contributed by atoms with Crippen molar-refractivity contribution in [3.63, 3.8) is 0 Å². The molecule has 0 aliphatic heterocycles. The van der Waals surface area contributed by atoms with E-state index in [9.17, 15) is 4.79 Å². The average molecular weight is 273 g/mol. The second kappa shape index (κ2) is 6.53. The summed E-state index contributed by atoms with van der Waals surface area (Å²) in [4.78, 5) is 15.5. The molecule has 0 aliphatic carbocycles. The molecule has 0 saturated heterocycles. The molecule has 5 heteroatoms. The van der Waals surface area contributed by atoms with Crippen molar-refractivity contribution in [3.05, 3.63) is 30.1 Å². The predicted octanol–water partition coefficient (Wildman–Crippen LogP) is 1.22. The van der Waals surface area contributed by atoms with Gasteiger partial charge in [0, 0.05) is 24.8 Å². The first-order chi connectivity index (χ1) is 7.27. The Hall–Kier alpha value is -0.940. The smallest absolute Gasteiger partial charge is 0.253 e. The average Bonchev–Trinajstić information content (AvgIpc) is 2.29. The number of amides is 1. The summed E-state index contributed by atoms with van der Waals surface area (Å²) in [6, 6.07) is 3.43. The van der Waals surface area contributed by atoms with Gasteiger partial charge in [-0.1, -0.05) is 15.9 Å². The molecule has 0 aromatic carbocycles. The van der Waals surface area contributed by atoms with E-state index in [-0.39, 0.29) is 11.9 Å². The van der Waals surface area contributed by atoms with Crippen molar-refractivity contribution in [1.29, 1.82) is 0 Å². The summed E-state index contributed by atoms with van der Waals surface area (Å²) < 4.78 is 4.97. The first kappa shape index (κ1) is 12.1. The zero-order chi connectivity index (χ0) is 11.1. The molecule has 1 heterocycles. The normalized spacial score (nSPS) is 12.1. The monoisotopic (exact) mass is 272 g/mol. The maximum absolute atomic E-state index is 11.7. The molecule has 0 bridgehead atoms. The Labute approximate surface area is 97.2 Å².